The SMILES string of the molecule is Cc1nc(-c2cccnc2)nc(Sc2n[nH]c(C3CC3)n2)c1C. The van der Waals surface area contributed by atoms with Gasteiger partial charge in [-0.3, -0.25) is 10.1 Å². The van der Waals surface area contributed by atoms with E-state index in [4.69, 9.17) is 0 Å². The minimum Gasteiger partial charge on any atom is -0.264 e. The lowest BCUT2D eigenvalue weighted by Crippen LogP contribution is -1.99. The first-order valence-corrected chi connectivity index (χ1v) is 8.38. The van der Waals surface area contributed by atoms with Crippen molar-refractivity contribution in [2.24, 2.45) is 0 Å². The van der Waals surface area contributed by atoms with Crippen LogP contribution in [-0.4, -0.2) is 30.1 Å². The molecule has 1 fully saturated rings. The number of nitrogens with one attached hydrogen (secondary N) is 1. The zero-order chi connectivity index (χ0) is 15.8. The zero-order valence-corrected chi connectivity index (χ0v) is 13.8. The van der Waals surface area contributed by atoms with E-state index in [2.05, 4.69) is 30.1 Å². The molecule has 1 aliphatic carbocycles. The summed E-state index contributed by atoms with van der Waals surface area (Å²) < 4.78 is 0. The highest BCUT2D eigenvalue weighted by atomic mass is 32.2. The number of aromatic nitrogens is 6. The summed E-state index contributed by atoms with van der Waals surface area (Å²) in [6, 6.07) is 3.85. The van der Waals surface area contributed by atoms with Crippen molar-refractivity contribution in [2.45, 2.75) is 42.8 Å². The maximum atomic E-state index is 4.69. The van der Waals surface area contributed by atoms with Gasteiger partial charge < -0.3 is 0 Å². The van der Waals surface area contributed by atoms with E-state index >= 15 is 0 Å². The smallest absolute Gasteiger partial charge is 0.214 e. The lowest BCUT2D eigenvalue weighted by atomic mass is 10.2. The molecule has 116 valence electrons. The molecular formula is C16H16N6S. The molecule has 1 aliphatic rings. The van der Waals surface area contributed by atoms with E-state index in [0.29, 0.717) is 16.9 Å². The van der Waals surface area contributed by atoms with Crippen LogP contribution in [-0.2, 0) is 0 Å². The predicted molar refractivity (Wildman–Crippen MR) is 87.2 cm³/mol. The first-order chi connectivity index (χ1) is 11.2. The normalized spacial score (nSPS) is 14.2. The molecule has 0 aromatic carbocycles. The molecule has 23 heavy (non-hydrogen) atoms. The van der Waals surface area contributed by atoms with E-state index in [1.807, 2.05) is 26.0 Å². The Morgan fingerprint density at radius 3 is 2.78 bits per heavy atom. The van der Waals surface area contributed by atoms with Crippen molar-refractivity contribution < 1.29 is 0 Å². The van der Waals surface area contributed by atoms with Gasteiger partial charge in [0.1, 0.15) is 10.9 Å². The van der Waals surface area contributed by atoms with Gasteiger partial charge in [-0.2, -0.15) is 0 Å². The third-order valence-corrected chi connectivity index (χ3v) is 4.85. The van der Waals surface area contributed by atoms with Crippen LogP contribution in [0.1, 0.15) is 35.8 Å². The minimum absolute atomic E-state index is 0.566. The van der Waals surface area contributed by atoms with Gasteiger partial charge in [-0.05, 0) is 50.6 Å². The molecular weight excluding hydrogens is 308 g/mol. The van der Waals surface area contributed by atoms with Crippen LogP contribution >= 0.6 is 11.8 Å². The van der Waals surface area contributed by atoms with Crippen molar-refractivity contribution in [3.05, 3.63) is 41.6 Å². The fourth-order valence-corrected chi connectivity index (χ4v) is 3.10. The average Bonchev–Trinajstić information content (AvgIpc) is 3.32. The summed E-state index contributed by atoms with van der Waals surface area (Å²) in [4.78, 5) is 18.0. The fourth-order valence-electron chi connectivity index (χ4n) is 2.26. The van der Waals surface area contributed by atoms with Gasteiger partial charge in [0.25, 0.3) is 0 Å². The molecule has 3 aromatic heterocycles. The second kappa shape index (κ2) is 5.73. The van der Waals surface area contributed by atoms with Crippen LogP contribution in [0, 0.1) is 13.8 Å². The van der Waals surface area contributed by atoms with Crippen molar-refractivity contribution in [3.8, 4) is 11.4 Å². The number of hydrogen-bond donors (Lipinski definition) is 1. The minimum atomic E-state index is 0.566. The number of aryl methyl sites for hydroxylation is 1. The Morgan fingerprint density at radius 1 is 1.17 bits per heavy atom. The van der Waals surface area contributed by atoms with Crippen LogP contribution in [0.25, 0.3) is 11.4 Å². The van der Waals surface area contributed by atoms with Crippen molar-refractivity contribution in [1.82, 2.24) is 30.1 Å². The first kappa shape index (κ1) is 14.3. The van der Waals surface area contributed by atoms with Crippen LogP contribution in [0.3, 0.4) is 0 Å². The van der Waals surface area contributed by atoms with Crippen LogP contribution < -0.4 is 0 Å². The molecule has 0 spiro atoms. The summed E-state index contributed by atoms with van der Waals surface area (Å²) in [5.74, 6) is 2.24. The highest BCUT2D eigenvalue weighted by molar-refractivity contribution is 7.99. The van der Waals surface area contributed by atoms with E-state index in [9.17, 15) is 0 Å². The Kier molecular flexibility index (Phi) is 3.57. The van der Waals surface area contributed by atoms with Gasteiger partial charge >= 0.3 is 0 Å². The summed E-state index contributed by atoms with van der Waals surface area (Å²) in [6.45, 7) is 4.02. The molecule has 0 bridgehead atoms. The van der Waals surface area contributed by atoms with Crippen molar-refractivity contribution >= 4 is 11.8 Å². The number of rotatable bonds is 4. The van der Waals surface area contributed by atoms with Gasteiger partial charge in [-0.1, -0.05) is 0 Å². The predicted octanol–water partition coefficient (Wildman–Crippen LogP) is 3.30. The molecule has 0 atom stereocenters. The number of nitrogens with zero attached hydrogens (tertiary/aromatic N) is 5. The zero-order valence-electron chi connectivity index (χ0n) is 12.9. The summed E-state index contributed by atoms with van der Waals surface area (Å²) >= 11 is 1.48. The maximum Gasteiger partial charge on any atom is 0.214 e. The fraction of sp³-hybridized carbons (Fsp3) is 0.312. The molecule has 3 heterocycles. The van der Waals surface area contributed by atoms with Gasteiger partial charge in [-0.25, -0.2) is 15.0 Å². The largest absolute Gasteiger partial charge is 0.264 e. The third kappa shape index (κ3) is 2.96. The summed E-state index contributed by atoms with van der Waals surface area (Å²) in [5, 5.41) is 8.93. The highest BCUT2D eigenvalue weighted by Crippen LogP contribution is 2.39. The van der Waals surface area contributed by atoms with Crippen LogP contribution in [0.2, 0.25) is 0 Å². The lowest BCUT2D eigenvalue weighted by Gasteiger charge is -2.08. The van der Waals surface area contributed by atoms with Crippen molar-refractivity contribution in [3.63, 3.8) is 0 Å². The van der Waals surface area contributed by atoms with Crippen LogP contribution in [0.5, 0.6) is 0 Å². The number of aromatic amines is 1. The van der Waals surface area contributed by atoms with Gasteiger partial charge in [-0.15, -0.1) is 5.10 Å². The van der Waals surface area contributed by atoms with E-state index < -0.39 is 0 Å². The van der Waals surface area contributed by atoms with E-state index in [-0.39, 0.29) is 0 Å². The topological polar surface area (TPSA) is 80.2 Å². The van der Waals surface area contributed by atoms with Crippen molar-refractivity contribution in [1.29, 1.82) is 0 Å². The molecule has 0 amide bonds. The molecule has 0 radical (unpaired) electrons. The number of pyridine rings is 1. The van der Waals surface area contributed by atoms with E-state index in [0.717, 1.165) is 27.7 Å². The second-order valence-electron chi connectivity index (χ2n) is 5.68. The number of hydrogen-bond acceptors (Lipinski definition) is 6. The van der Waals surface area contributed by atoms with Gasteiger partial charge in [0.05, 0.1) is 0 Å². The van der Waals surface area contributed by atoms with Crippen LogP contribution in [0.4, 0.5) is 0 Å². The Bertz CT molecular complexity index is 841. The molecule has 0 saturated heterocycles. The van der Waals surface area contributed by atoms with E-state index in [1.54, 1.807) is 12.4 Å². The Labute approximate surface area is 138 Å². The third-order valence-electron chi connectivity index (χ3n) is 3.90. The van der Waals surface area contributed by atoms with Gasteiger partial charge in [0.2, 0.25) is 5.16 Å². The standard InChI is InChI=1S/C16H16N6S/c1-9-10(2)18-13(12-4-3-7-17-8-12)19-15(9)23-16-20-14(21-22-16)11-5-6-11/h3-4,7-8,11H,5-6H2,1-2H3,(H,20,21,22). The Balaban J connectivity index is 1.67. The molecule has 1 saturated carbocycles. The van der Waals surface area contributed by atoms with Crippen LogP contribution in [0.15, 0.2) is 34.7 Å². The summed E-state index contributed by atoms with van der Waals surface area (Å²) in [7, 11) is 0. The number of H-pyrrole nitrogens is 1. The summed E-state index contributed by atoms with van der Waals surface area (Å²) in [6.07, 6.45) is 5.93. The quantitative estimate of drug-likeness (QED) is 0.742. The van der Waals surface area contributed by atoms with Crippen molar-refractivity contribution in [2.75, 3.05) is 0 Å². The molecule has 0 aliphatic heterocycles. The van der Waals surface area contributed by atoms with E-state index in [1.165, 1.54) is 24.6 Å². The molecule has 1 N–H and O–H groups in total. The molecule has 4 rings (SSSR count). The molecule has 3 aromatic rings. The molecule has 0 unspecified atom stereocenters. The highest BCUT2D eigenvalue weighted by Gasteiger charge is 2.27. The maximum absolute atomic E-state index is 4.69. The van der Waals surface area contributed by atoms with Gasteiger partial charge in [0.15, 0.2) is 5.82 Å². The Hall–Kier alpha value is -2.28. The first-order valence-electron chi connectivity index (χ1n) is 7.56. The molecule has 6 nitrogen and oxygen atoms in total. The Morgan fingerprint density at radius 2 is 2.04 bits per heavy atom. The lowest BCUT2D eigenvalue weighted by molar-refractivity contribution is 0.929. The van der Waals surface area contributed by atoms with Gasteiger partial charge in [0, 0.05) is 35.1 Å². The second-order valence-corrected chi connectivity index (χ2v) is 6.64. The summed E-state index contributed by atoms with van der Waals surface area (Å²) in [5.41, 5.74) is 2.92. The average molecular weight is 324 g/mol. The monoisotopic (exact) mass is 324 g/mol. The molecule has 7 heteroatoms.